The number of benzene rings is 1. The minimum Gasteiger partial charge on any atom is -0.493 e. The van der Waals surface area contributed by atoms with Crippen LogP contribution in [-0.2, 0) is 11.2 Å². The topological polar surface area (TPSA) is 47.6 Å². The summed E-state index contributed by atoms with van der Waals surface area (Å²) in [7, 11) is 1.65. The van der Waals surface area contributed by atoms with Crippen LogP contribution >= 0.6 is 0 Å². The molecule has 1 aliphatic rings. The molecule has 0 aromatic heterocycles. The number of carbonyl (C=O) groups is 1. The zero-order valence-corrected chi connectivity index (χ0v) is 11.4. The van der Waals surface area contributed by atoms with E-state index in [4.69, 9.17) is 9.47 Å². The van der Waals surface area contributed by atoms with E-state index in [2.05, 4.69) is 5.32 Å². The molecule has 0 bridgehead atoms. The molecule has 1 aromatic carbocycles. The maximum atomic E-state index is 10.4. The molecule has 1 fully saturated rings. The number of hydrogen-bond donors (Lipinski definition) is 1. The molecule has 1 unspecified atom stereocenters. The molecule has 4 heteroatoms. The summed E-state index contributed by atoms with van der Waals surface area (Å²) in [6.07, 6.45) is 4.62. The molecule has 1 aromatic rings. The van der Waals surface area contributed by atoms with E-state index in [1.807, 2.05) is 18.2 Å². The minimum absolute atomic E-state index is 0.198. The van der Waals surface area contributed by atoms with Crippen LogP contribution in [0.25, 0.3) is 0 Å². The predicted molar refractivity (Wildman–Crippen MR) is 73.9 cm³/mol. The Labute approximate surface area is 114 Å². The number of ether oxygens (including phenoxy) is 2. The average molecular weight is 263 g/mol. The largest absolute Gasteiger partial charge is 0.493 e. The van der Waals surface area contributed by atoms with Crippen molar-refractivity contribution in [2.24, 2.45) is 0 Å². The fourth-order valence-corrected chi connectivity index (χ4v) is 2.29. The van der Waals surface area contributed by atoms with Gasteiger partial charge in [0.2, 0.25) is 0 Å². The zero-order chi connectivity index (χ0) is 13.5. The Hall–Kier alpha value is -1.55. The lowest BCUT2D eigenvalue weighted by molar-refractivity contribution is -0.107. The third-order valence-corrected chi connectivity index (χ3v) is 3.32. The molecule has 1 atom stereocenters. The average Bonchev–Trinajstić information content (AvgIpc) is 2.46. The molecule has 0 spiro atoms. The fourth-order valence-electron chi connectivity index (χ4n) is 2.29. The van der Waals surface area contributed by atoms with Crippen LogP contribution in [0.3, 0.4) is 0 Å². The molecule has 104 valence electrons. The van der Waals surface area contributed by atoms with E-state index in [0.717, 1.165) is 55.7 Å². The van der Waals surface area contributed by atoms with Gasteiger partial charge < -0.3 is 19.6 Å². The molecule has 1 heterocycles. The summed E-state index contributed by atoms with van der Waals surface area (Å²) >= 11 is 0. The van der Waals surface area contributed by atoms with Gasteiger partial charge in [-0.05, 0) is 43.5 Å². The molecule has 0 aliphatic carbocycles. The second kappa shape index (κ2) is 7.14. The van der Waals surface area contributed by atoms with Crippen LogP contribution in [0, 0.1) is 0 Å². The van der Waals surface area contributed by atoms with E-state index in [9.17, 15) is 4.79 Å². The van der Waals surface area contributed by atoms with Crippen molar-refractivity contribution >= 4 is 6.29 Å². The highest BCUT2D eigenvalue weighted by Crippen LogP contribution is 2.30. The van der Waals surface area contributed by atoms with Gasteiger partial charge in [-0.15, -0.1) is 0 Å². The van der Waals surface area contributed by atoms with Crippen LogP contribution in [0.1, 0.15) is 24.8 Å². The third kappa shape index (κ3) is 3.96. The second-order valence-corrected chi connectivity index (χ2v) is 4.78. The molecule has 1 saturated heterocycles. The summed E-state index contributed by atoms with van der Waals surface area (Å²) in [5.74, 6) is 1.53. The Kier molecular flexibility index (Phi) is 5.21. The van der Waals surface area contributed by atoms with Gasteiger partial charge in [0.15, 0.2) is 11.5 Å². The predicted octanol–water partition coefficient (Wildman–Crippen LogP) is 1.96. The number of piperidine rings is 1. The number of carbonyl (C=O) groups excluding carboxylic acids is 1. The number of rotatable bonds is 6. The first-order valence-electron chi connectivity index (χ1n) is 6.81. The van der Waals surface area contributed by atoms with Gasteiger partial charge in [-0.3, -0.25) is 0 Å². The Bertz CT molecular complexity index is 414. The SMILES string of the molecule is COc1ccc(CCC=O)cc1OC1CCCNC1. The van der Waals surface area contributed by atoms with Gasteiger partial charge in [-0.1, -0.05) is 6.07 Å². The van der Waals surface area contributed by atoms with Crippen LogP contribution in [-0.4, -0.2) is 32.6 Å². The molecule has 0 amide bonds. The summed E-state index contributed by atoms with van der Waals surface area (Å²) in [6, 6.07) is 5.87. The quantitative estimate of drug-likeness (QED) is 0.797. The number of aldehydes is 1. The Morgan fingerprint density at radius 3 is 3.00 bits per heavy atom. The Balaban J connectivity index is 2.08. The molecular weight excluding hydrogens is 242 g/mol. The normalized spacial score (nSPS) is 18.9. The van der Waals surface area contributed by atoms with E-state index < -0.39 is 0 Å². The lowest BCUT2D eigenvalue weighted by Gasteiger charge is -2.25. The fraction of sp³-hybridized carbons (Fsp3) is 0.533. The van der Waals surface area contributed by atoms with Crippen LogP contribution < -0.4 is 14.8 Å². The molecule has 1 N–H and O–H groups in total. The summed E-state index contributed by atoms with van der Waals surface area (Å²) < 4.78 is 11.4. The van der Waals surface area contributed by atoms with E-state index in [0.29, 0.717) is 6.42 Å². The number of hydrogen-bond acceptors (Lipinski definition) is 4. The van der Waals surface area contributed by atoms with Crippen molar-refractivity contribution in [3.63, 3.8) is 0 Å². The van der Waals surface area contributed by atoms with Gasteiger partial charge in [0.05, 0.1) is 7.11 Å². The molecule has 0 saturated carbocycles. The minimum atomic E-state index is 0.198. The summed E-state index contributed by atoms with van der Waals surface area (Å²) in [4.78, 5) is 10.4. The van der Waals surface area contributed by atoms with Gasteiger partial charge in [-0.2, -0.15) is 0 Å². The molecule has 4 nitrogen and oxygen atoms in total. The molecule has 19 heavy (non-hydrogen) atoms. The van der Waals surface area contributed by atoms with E-state index in [1.54, 1.807) is 7.11 Å². The van der Waals surface area contributed by atoms with Gasteiger partial charge in [-0.25, -0.2) is 0 Å². The molecule has 1 aliphatic heterocycles. The third-order valence-electron chi connectivity index (χ3n) is 3.32. The maximum absolute atomic E-state index is 10.4. The standard InChI is InChI=1S/C15H21NO3/c1-18-14-7-6-12(4-3-9-17)10-15(14)19-13-5-2-8-16-11-13/h6-7,9-10,13,16H,2-5,8,11H2,1H3. The van der Waals surface area contributed by atoms with Crippen molar-refractivity contribution in [1.82, 2.24) is 5.32 Å². The smallest absolute Gasteiger partial charge is 0.161 e. The van der Waals surface area contributed by atoms with Crippen molar-refractivity contribution in [2.75, 3.05) is 20.2 Å². The van der Waals surface area contributed by atoms with Gasteiger partial charge in [0.25, 0.3) is 0 Å². The van der Waals surface area contributed by atoms with Crippen LogP contribution in [0.2, 0.25) is 0 Å². The Morgan fingerprint density at radius 2 is 2.32 bits per heavy atom. The number of aryl methyl sites for hydroxylation is 1. The maximum Gasteiger partial charge on any atom is 0.161 e. The highest BCUT2D eigenvalue weighted by molar-refractivity contribution is 5.51. The zero-order valence-electron chi connectivity index (χ0n) is 11.4. The molecular formula is C15H21NO3. The second-order valence-electron chi connectivity index (χ2n) is 4.78. The van der Waals surface area contributed by atoms with E-state index >= 15 is 0 Å². The van der Waals surface area contributed by atoms with Crippen LogP contribution in [0.4, 0.5) is 0 Å². The summed E-state index contributed by atoms with van der Waals surface area (Å²) in [5, 5.41) is 3.33. The first-order valence-corrected chi connectivity index (χ1v) is 6.81. The van der Waals surface area contributed by atoms with E-state index in [-0.39, 0.29) is 6.10 Å². The summed E-state index contributed by atoms with van der Waals surface area (Å²) in [6.45, 7) is 1.94. The number of nitrogens with one attached hydrogen (secondary N) is 1. The van der Waals surface area contributed by atoms with Crippen molar-refractivity contribution in [2.45, 2.75) is 31.8 Å². The lowest BCUT2D eigenvalue weighted by Crippen LogP contribution is -2.37. The van der Waals surface area contributed by atoms with Crippen LogP contribution in [0.15, 0.2) is 18.2 Å². The monoisotopic (exact) mass is 263 g/mol. The van der Waals surface area contributed by atoms with Crippen molar-refractivity contribution in [1.29, 1.82) is 0 Å². The van der Waals surface area contributed by atoms with Crippen LogP contribution in [0.5, 0.6) is 11.5 Å². The van der Waals surface area contributed by atoms with E-state index in [1.165, 1.54) is 0 Å². The van der Waals surface area contributed by atoms with Gasteiger partial charge >= 0.3 is 0 Å². The highest BCUT2D eigenvalue weighted by Gasteiger charge is 2.16. The van der Waals surface area contributed by atoms with Crippen molar-refractivity contribution in [3.05, 3.63) is 23.8 Å². The molecule has 2 rings (SSSR count). The lowest BCUT2D eigenvalue weighted by atomic mass is 10.1. The molecule has 0 radical (unpaired) electrons. The van der Waals surface area contributed by atoms with Crippen molar-refractivity contribution in [3.8, 4) is 11.5 Å². The Morgan fingerprint density at radius 1 is 1.42 bits per heavy atom. The number of methoxy groups -OCH3 is 1. The first-order chi connectivity index (χ1) is 9.33. The highest BCUT2D eigenvalue weighted by atomic mass is 16.5. The summed E-state index contributed by atoms with van der Waals surface area (Å²) in [5.41, 5.74) is 1.10. The first kappa shape index (κ1) is 13.9. The van der Waals surface area contributed by atoms with Gasteiger partial charge in [0.1, 0.15) is 12.4 Å². The van der Waals surface area contributed by atoms with Crippen molar-refractivity contribution < 1.29 is 14.3 Å². The van der Waals surface area contributed by atoms with Gasteiger partial charge in [0, 0.05) is 13.0 Å².